The average molecular weight is 450 g/mol. The van der Waals surface area contributed by atoms with Crippen molar-refractivity contribution in [3.63, 3.8) is 0 Å². The van der Waals surface area contributed by atoms with Crippen LogP contribution in [0.25, 0.3) is 0 Å². The summed E-state index contributed by atoms with van der Waals surface area (Å²) in [7, 11) is -3.85. The average Bonchev–Trinajstić information content (AvgIpc) is 2.77. The summed E-state index contributed by atoms with van der Waals surface area (Å²) in [4.78, 5) is 12.7. The molecule has 3 aromatic rings. The zero-order valence-electron chi connectivity index (χ0n) is 18.2. The summed E-state index contributed by atoms with van der Waals surface area (Å²) in [6.07, 6.45) is 2.03. The highest BCUT2D eigenvalue weighted by Crippen LogP contribution is 2.17. The predicted molar refractivity (Wildman–Crippen MR) is 127 cm³/mol. The number of hydrogen-bond donors (Lipinski definition) is 1. The zero-order chi connectivity index (χ0) is 23.0. The Kier molecular flexibility index (Phi) is 7.92. The smallest absolute Gasteiger partial charge is 0.255 e. The van der Waals surface area contributed by atoms with E-state index in [0.717, 1.165) is 22.3 Å². The molecule has 0 radical (unpaired) electrons. The summed E-state index contributed by atoms with van der Waals surface area (Å²) in [5.74, 6) is -0.502. The lowest BCUT2D eigenvalue weighted by Crippen LogP contribution is -2.40. The Hall–Kier alpha value is -3.29. The molecule has 0 aliphatic rings. The van der Waals surface area contributed by atoms with Crippen molar-refractivity contribution in [2.75, 3.05) is 13.1 Å². The minimum Gasteiger partial charge on any atom is -0.272 e. The van der Waals surface area contributed by atoms with Crippen LogP contribution in [-0.4, -0.2) is 37.9 Å². The highest BCUT2D eigenvalue weighted by Gasteiger charge is 2.26. The van der Waals surface area contributed by atoms with Crippen molar-refractivity contribution in [1.82, 2.24) is 9.73 Å². The Morgan fingerprint density at radius 3 is 2.34 bits per heavy atom. The highest BCUT2D eigenvalue weighted by atomic mass is 32.2. The third-order valence-corrected chi connectivity index (χ3v) is 6.78. The second-order valence-electron chi connectivity index (χ2n) is 7.59. The van der Waals surface area contributed by atoms with E-state index in [2.05, 4.69) is 10.5 Å². The van der Waals surface area contributed by atoms with E-state index in [9.17, 15) is 13.2 Å². The van der Waals surface area contributed by atoms with E-state index < -0.39 is 15.9 Å². The first-order chi connectivity index (χ1) is 15.3. The minimum atomic E-state index is -3.85. The molecule has 0 heterocycles. The van der Waals surface area contributed by atoms with Gasteiger partial charge in [-0.1, -0.05) is 77.9 Å². The molecule has 0 spiro atoms. The summed E-state index contributed by atoms with van der Waals surface area (Å²) in [6.45, 7) is 3.71. The number of nitrogens with zero attached hydrogens (tertiary/aromatic N) is 2. The fourth-order valence-corrected chi connectivity index (χ4v) is 4.56. The van der Waals surface area contributed by atoms with E-state index in [1.54, 1.807) is 24.3 Å². The largest absolute Gasteiger partial charge is 0.272 e. The summed E-state index contributed by atoms with van der Waals surface area (Å²) < 4.78 is 27.7. The van der Waals surface area contributed by atoms with Gasteiger partial charge in [0.05, 0.1) is 17.7 Å². The molecule has 0 bridgehead atoms. The molecule has 3 rings (SSSR count). The molecule has 0 aromatic heterocycles. The van der Waals surface area contributed by atoms with Crippen molar-refractivity contribution < 1.29 is 13.2 Å². The number of hydrogen-bond acceptors (Lipinski definition) is 4. The quantitative estimate of drug-likeness (QED) is 0.400. The summed E-state index contributed by atoms with van der Waals surface area (Å²) in [6, 6.07) is 23.9. The van der Waals surface area contributed by atoms with Crippen LogP contribution in [0, 0.1) is 13.8 Å². The molecule has 0 saturated carbocycles. The van der Waals surface area contributed by atoms with Crippen molar-refractivity contribution in [3.05, 3.63) is 101 Å². The van der Waals surface area contributed by atoms with Gasteiger partial charge < -0.3 is 0 Å². The molecule has 6 nitrogen and oxygen atoms in total. The van der Waals surface area contributed by atoms with Crippen LogP contribution in [0.3, 0.4) is 0 Å². The van der Waals surface area contributed by atoms with Crippen LogP contribution in [0.1, 0.15) is 22.3 Å². The Labute approximate surface area is 189 Å². The molecule has 32 heavy (non-hydrogen) atoms. The molecule has 0 fully saturated rings. The third kappa shape index (κ3) is 6.60. The molecule has 1 amide bonds. The van der Waals surface area contributed by atoms with Crippen LogP contribution >= 0.6 is 0 Å². The number of carbonyl (C=O) groups is 1. The van der Waals surface area contributed by atoms with Crippen LogP contribution in [0.2, 0.25) is 0 Å². The Morgan fingerprint density at radius 2 is 1.66 bits per heavy atom. The highest BCUT2D eigenvalue weighted by molar-refractivity contribution is 7.89. The van der Waals surface area contributed by atoms with Gasteiger partial charge in [0.1, 0.15) is 0 Å². The van der Waals surface area contributed by atoms with Gasteiger partial charge in [0.25, 0.3) is 5.91 Å². The van der Waals surface area contributed by atoms with Gasteiger partial charge in [-0.25, -0.2) is 13.8 Å². The number of carbonyl (C=O) groups excluding carboxylic acids is 1. The number of aryl methyl sites for hydroxylation is 2. The second-order valence-corrected chi connectivity index (χ2v) is 9.53. The number of nitrogens with one attached hydrogen (secondary N) is 1. The topological polar surface area (TPSA) is 78.8 Å². The molecule has 166 valence electrons. The van der Waals surface area contributed by atoms with Crippen molar-refractivity contribution in [3.8, 4) is 0 Å². The van der Waals surface area contributed by atoms with E-state index >= 15 is 0 Å². The lowest BCUT2D eigenvalue weighted by Gasteiger charge is -2.21. The molecule has 0 atom stereocenters. The monoisotopic (exact) mass is 449 g/mol. The van der Waals surface area contributed by atoms with Gasteiger partial charge in [0.2, 0.25) is 10.0 Å². The SMILES string of the molecule is Cc1ccc(S(=O)(=O)N(CCc2ccccc2)CC(=O)NN=Cc2cccc(C)c2)cc1. The van der Waals surface area contributed by atoms with Gasteiger partial charge >= 0.3 is 0 Å². The maximum atomic E-state index is 13.2. The van der Waals surface area contributed by atoms with Gasteiger partial charge in [-0.2, -0.15) is 9.41 Å². The number of rotatable bonds is 9. The first-order valence-electron chi connectivity index (χ1n) is 10.3. The zero-order valence-corrected chi connectivity index (χ0v) is 19.0. The summed E-state index contributed by atoms with van der Waals surface area (Å²) in [5.41, 5.74) is 6.32. The summed E-state index contributed by atoms with van der Waals surface area (Å²) in [5, 5.41) is 3.97. The molecule has 7 heteroatoms. The Balaban J connectivity index is 1.73. The number of sulfonamides is 1. The maximum absolute atomic E-state index is 13.2. The van der Waals surface area contributed by atoms with Gasteiger partial charge in [-0.15, -0.1) is 0 Å². The molecule has 0 aliphatic heterocycles. The Morgan fingerprint density at radius 1 is 0.938 bits per heavy atom. The Bertz CT molecular complexity index is 1170. The maximum Gasteiger partial charge on any atom is 0.255 e. The fraction of sp³-hybridized carbons (Fsp3) is 0.200. The molecule has 0 saturated heterocycles. The fourth-order valence-electron chi connectivity index (χ4n) is 3.17. The van der Waals surface area contributed by atoms with E-state index in [0.29, 0.717) is 6.42 Å². The first-order valence-corrected chi connectivity index (χ1v) is 11.8. The summed E-state index contributed by atoms with van der Waals surface area (Å²) >= 11 is 0. The van der Waals surface area contributed by atoms with Crippen molar-refractivity contribution in [2.45, 2.75) is 25.2 Å². The van der Waals surface area contributed by atoms with Crippen LogP contribution < -0.4 is 5.43 Å². The molecule has 1 N–H and O–H groups in total. The van der Waals surface area contributed by atoms with E-state index in [-0.39, 0.29) is 18.0 Å². The van der Waals surface area contributed by atoms with Gasteiger partial charge in [0.15, 0.2) is 0 Å². The standard InChI is InChI=1S/C25H27N3O3S/c1-20-11-13-24(14-12-20)32(30,31)28(16-15-22-8-4-3-5-9-22)19-25(29)27-26-18-23-10-6-7-21(2)17-23/h3-14,17-18H,15-16,19H2,1-2H3,(H,27,29). The van der Waals surface area contributed by atoms with Crippen LogP contribution in [0.5, 0.6) is 0 Å². The molecule has 0 unspecified atom stereocenters. The number of benzene rings is 3. The van der Waals surface area contributed by atoms with E-state index in [1.807, 2.05) is 68.4 Å². The van der Waals surface area contributed by atoms with Gasteiger partial charge in [-0.05, 0) is 43.5 Å². The van der Waals surface area contributed by atoms with Gasteiger partial charge in [0, 0.05) is 6.54 Å². The van der Waals surface area contributed by atoms with E-state index in [1.165, 1.54) is 10.5 Å². The third-order valence-electron chi connectivity index (χ3n) is 4.92. The predicted octanol–water partition coefficient (Wildman–Crippen LogP) is 3.69. The van der Waals surface area contributed by atoms with Crippen LogP contribution in [0.15, 0.2) is 88.9 Å². The van der Waals surface area contributed by atoms with E-state index in [4.69, 9.17) is 0 Å². The van der Waals surface area contributed by atoms with Crippen molar-refractivity contribution >= 4 is 22.1 Å². The molecular weight excluding hydrogens is 422 g/mol. The first kappa shape index (κ1) is 23.4. The number of amides is 1. The normalized spacial score (nSPS) is 11.7. The molecule has 3 aromatic carbocycles. The van der Waals surface area contributed by atoms with Crippen molar-refractivity contribution in [2.24, 2.45) is 5.10 Å². The number of hydrazone groups is 1. The van der Waals surface area contributed by atoms with Gasteiger partial charge in [-0.3, -0.25) is 4.79 Å². The molecule has 0 aliphatic carbocycles. The molecular formula is C25H27N3O3S. The minimum absolute atomic E-state index is 0.159. The van der Waals surface area contributed by atoms with Crippen LogP contribution in [0.4, 0.5) is 0 Å². The second kappa shape index (κ2) is 10.8. The van der Waals surface area contributed by atoms with Crippen LogP contribution in [-0.2, 0) is 21.2 Å². The lowest BCUT2D eigenvalue weighted by atomic mass is 10.1. The lowest BCUT2D eigenvalue weighted by molar-refractivity contribution is -0.121. The van der Waals surface area contributed by atoms with Crippen molar-refractivity contribution in [1.29, 1.82) is 0 Å².